The van der Waals surface area contributed by atoms with Gasteiger partial charge in [0.05, 0.1) is 25.4 Å². The van der Waals surface area contributed by atoms with Gasteiger partial charge in [0.15, 0.2) is 12.4 Å². The lowest BCUT2D eigenvalue weighted by Gasteiger charge is -2.41. The topological polar surface area (TPSA) is 175 Å². The van der Waals surface area contributed by atoms with Crippen LogP contribution in [-0.2, 0) is 23.8 Å². The maximum atomic E-state index is 13.3. The first-order valence-corrected chi connectivity index (χ1v) is 26.3. The molecule has 1 aliphatic heterocycles. The molecule has 64 heavy (non-hydrogen) atoms. The summed E-state index contributed by atoms with van der Waals surface area (Å²) < 4.78 is 17.5. The van der Waals surface area contributed by atoms with Crippen LogP contribution in [0, 0.1) is 0 Å². The van der Waals surface area contributed by atoms with Crippen molar-refractivity contribution in [2.45, 2.75) is 275 Å². The number of unbranched alkanes of at least 4 members (excludes halogenated alkanes) is 26. The second-order valence-electron chi connectivity index (χ2n) is 18.3. The van der Waals surface area contributed by atoms with E-state index in [0.29, 0.717) is 12.8 Å². The summed E-state index contributed by atoms with van der Waals surface area (Å²) in [6.07, 6.45) is 36.5. The van der Waals surface area contributed by atoms with E-state index < -0.39 is 67.4 Å². The van der Waals surface area contributed by atoms with Gasteiger partial charge in [-0.05, 0) is 38.5 Å². The quantitative estimate of drug-likeness (QED) is 0.0196. The van der Waals surface area contributed by atoms with Crippen LogP contribution in [-0.4, -0.2) is 99.6 Å². The van der Waals surface area contributed by atoms with Crippen LogP contribution in [0.4, 0.5) is 0 Å². The Labute approximate surface area is 390 Å². The van der Waals surface area contributed by atoms with Gasteiger partial charge in [-0.25, -0.2) is 0 Å². The van der Waals surface area contributed by atoms with Crippen molar-refractivity contribution < 1.29 is 49.3 Å². The first-order chi connectivity index (χ1) is 31.2. The molecule has 1 heterocycles. The van der Waals surface area contributed by atoms with Gasteiger partial charge in [0.2, 0.25) is 5.91 Å². The van der Waals surface area contributed by atoms with Crippen molar-refractivity contribution in [2.24, 2.45) is 0 Å². The summed E-state index contributed by atoms with van der Waals surface area (Å²) in [5.41, 5.74) is 0. The number of allylic oxidation sites excluding steroid dienone is 4. The van der Waals surface area contributed by atoms with Crippen LogP contribution in [0.1, 0.15) is 226 Å². The molecule has 0 radical (unpaired) electrons. The monoisotopic (exact) mass is 908 g/mol. The van der Waals surface area contributed by atoms with E-state index in [1.165, 1.54) is 135 Å². The molecule has 8 atom stereocenters. The maximum absolute atomic E-state index is 13.3. The summed E-state index contributed by atoms with van der Waals surface area (Å²) in [5.74, 6) is -1.27. The molecule has 0 spiro atoms. The Morgan fingerprint density at radius 3 is 1.59 bits per heavy atom. The lowest BCUT2D eigenvalue weighted by Crippen LogP contribution is -2.61. The summed E-state index contributed by atoms with van der Waals surface area (Å²) in [6, 6.07) is -1.05. The summed E-state index contributed by atoms with van der Waals surface area (Å²) >= 11 is 0. The number of ether oxygens (including phenoxy) is 3. The Morgan fingerprint density at radius 1 is 0.609 bits per heavy atom. The van der Waals surface area contributed by atoms with Crippen molar-refractivity contribution in [2.75, 3.05) is 13.2 Å². The van der Waals surface area contributed by atoms with E-state index in [-0.39, 0.29) is 19.4 Å². The fourth-order valence-corrected chi connectivity index (χ4v) is 8.05. The minimum atomic E-state index is -1.62. The largest absolute Gasteiger partial charge is 0.454 e. The van der Waals surface area contributed by atoms with Crippen LogP contribution in [0.25, 0.3) is 0 Å². The minimum absolute atomic E-state index is 0.0838. The van der Waals surface area contributed by atoms with Crippen molar-refractivity contribution in [1.29, 1.82) is 0 Å². The van der Waals surface area contributed by atoms with Gasteiger partial charge in [0.1, 0.15) is 24.4 Å². The average Bonchev–Trinajstić information content (AvgIpc) is 3.29. The van der Waals surface area contributed by atoms with E-state index in [1.54, 1.807) is 12.2 Å². The third-order valence-electron chi connectivity index (χ3n) is 12.3. The van der Waals surface area contributed by atoms with Gasteiger partial charge in [-0.1, -0.05) is 211 Å². The molecule has 6 N–H and O–H groups in total. The highest BCUT2D eigenvalue weighted by molar-refractivity contribution is 5.81. The maximum Gasteiger partial charge on any atom is 0.306 e. The normalized spacial score (nSPS) is 20.7. The molecular formula is C53H97NO10. The SMILES string of the molecule is CCCCCCCC/C=C\C/C=C/CC(O)C(=O)NC(COC1OC(CO)C(O)C(O)C1OC(=O)CCCCCCCCCCCCC)C(O)/C=C/CCCCCCCCCCCC. The minimum Gasteiger partial charge on any atom is -0.454 e. The first kappa shape index (κ1) is 59.9. The van der Waals surface area contributed by atoms with Gasteiger partial charge in [0.25, 0.3) is 0 Å². The fraction of sp³-hybridized carbons (Fsp3) is 0.849. The van der Waals surface area contributed by atoms with Crippen LogP contribution < -0.4 is 5.32 Å². The number of carbonyl (C=O) groups excluding carboxylic acids is 2. The zero-order valence-corrected chi connectivity index (χ0v) is 40.9. The van der Waals surface area contributed by atoms with E-state index in [0.717, 1.165) is 44.9 Å². The molecule has 11 nitrogen and oxygen atoms in total. The zero-order valence-electron chi connectivity index (χ0n) is 40.9. The third-order valence-corrected chi connectivity index (χ3v) is 12.3. The highest BCUT2D eigenvalue weighted by atomic mass is 16.7. The average molecular weight is 908 g/mol. The number of aliphatic hydroxyl groups is 5. The lowest BCUT2D eigenvalue weighted by atomic mass is 9.99. The predicted octanol–water partition coefficient (Wildman–Crippen LogP) is 10.8. The van der Waals surface area contributed by atoms with Crippen molar-refractivity contribution >= 4 is 11.9 Å². The van der Waals surface area contributed by atoms with Gasteiger partial charge < -0.3 is 45.1 Å². The van der Waals surface area contributed by atoms with E-state index in [1.807, 2.05) is 12.2 Å². The Balaban J connectivity index is 2.83. The van der Waals surface area contributed by atoms with Crippen molar-refractivity contribution in [3.05, 3.63) is 36.5 Å². The molecule has 0 bridgehead atoms. The van der Waals surface area contributed by atoms with Gasteiger partial charge in [-0.3, -0.25) is 9.59 Å². The molecule has 11 heteroatoms. The number of hydrogen-bond donors (Lipinski definition) is 6. The van der Waals surface area contributed by atoms with Crippen LogP contribution in [0.3, 0.4) is 0 Å². The Bertz CT molecular complexity index is 1180. The molecule has 0 aromatic rings. The first-order valence-electron chi connectivity index (χ1n) is 26.3. The predicted molar refractivity (Wildman–Crippen MR) is 260 cm³/mol. The number of amides is 1. The second kappa shape index (κ2) is 42.2. The zero-order chi connectivity index (χ0) is 46.9. The molecule has 0 saturated carbocycles. The molecule has 8 unspecified atom stereocenters. The molecule has 1 fully saturated rings. The summed E-state index contributed by atoms with van der Waals surface area (Å²) in [5, 5.41) is 56.4. The Morgan fingerprint density at radius 2 is 1.08 bits per heavy atom. The third kappa shape index (κ3) is 31.0. The van der Waals surface area contributed by atoms with Crippen LogP contribution >= 0.6 is 0 Å². The van der Waals surface area contributed by atoms with Gasteiger partial charge in [-0.2, -0.15) is 0 Å². The molecular weight excluding hydrogens is 811 g/mol. The highest BCUT2D eigenvalue weighted by Crippen LogP contribution is 2.26. The standard InChI is InChI=1S/C53H97NO10/c1-4-7-10-13-16-19-22-25-27-30-33-36-39-45(56)44(54-52(61)46(57)40-37-34-31-28-26-23-20-17-14-11-8-5-2)43-62-53-51(50(60)49(59)47(42-55)63-53)64-48(58)41-38-35-32-29-24-21-18-15-12-9-6-3/h26,28,34,36-37,39,44-47,49-51,53,55-57,59-60H,4-25,27,29-33,35,38,40-43H2,1-3H3,(H,54,61)/b28-26-,37-34+,39-36+. The Kier molecular flexibility index (Phi) is 39.5. The number of rotatable bonds is 43. The van der Waals surface area contributed by atoms with E-state index in [2.05, 4.69) is 38.2 Å². The molecule has 1 amide bonds. The highest BCUT2D eigenvalue weighted by Gasteiger charge is 2.47. The number of esters is 1. The van der Waals surface area contributed by atoms with Crippen molar-refractivity contribution in [3.63, 3.8) is 0 Å². The summed E-state index contributed by atoms with van der Waals surface area (Å²) in [6.45, 7) is 5.70. The second-order valence-corrected chi connectivity index (χ2v) is 18.3. The van der Waals surface area contributed by atoms with Crippen LogP contribution in [0.15, 0.2) is 36.5 Å². The van der Waals surface area contributed by atoms with Gasteiger partial charge in [-0.15, -0.1) is 0 Å². The van der Waals surface area contributed by atoms with Gasteiger partial charge >= 0.3 is 5.97 Å². The van der Waals surface area contributed by atoms with E-state index in [9.17, 15) is 35.1 Å². The number of aliphatic hydroxyl groups excluding tert-OH is 5. The Hall–Kier alpha value is -2.12. The van der Waals surface area contributed by atoms with Crippen LogP contribution in [0.5, 0.6) is 0 Å². The summed E-state index contributed by atoms with van der Waals surface area (Å²) in [4.78, 5) is 26.2. The van der Waals surface area contributed by atoms with Gasteiger partial charge in [0, 0.05) is 12.8 Å². The van der Waals surface area contributed by atoms with E-state index in [4.69, 9.17) is 14.2 Å². The molecule has 0 aromatic carbocycles. The molecule has 0 aromatic heterocycles. The molecule has 374 valence electrons. The number of hydrogen-bond acceptors (Lipinski definition) is 10. The number of carbonyl (C=O) groups is 2. The molecule has 1 rings (SSSR count). The molecule has 0 aliphatic carbocycles. The van der Waals surface area contributed by atoms with Crippen LogP contribution in [0.2, 0.25) is 0 Å². The molecule has 1 saturated heterocycles. The number of nitrogens with one attached hydrogen (secondary N) is 1. The van der Waals surface area contributed by atoms with Crippen molar-refractivity contribution in [1.82, 2.24) is 5.32 Å². The lowest BCUT2D eigenvalue weighted by molar-refractivity contribution is -0.305. The summed E-state index contributed by atoms with van der Waals surface area (Å²) in [7, 11) is 0. The molecule has 1 aliphatic rings. The van der Waals surface area contributed by atoms with E-state index >= 15 is 0 Å². The smallest absolute Gasteiger partial charge is 0.306 e. The van der Waals surface area contributed by atoms with Crippen molar-refractivity contribution in [3.8, 4) is 0 Å². The fourth-order valence-electron chi connectivity index (χ4n) is 8.05.